The second-order valence-electron chi connectivity index (χ2n) is 3.30. The number of benzene rings is 1. The first kappa shape index (κ1) is 10.0. The van der Waals surface area contributed by atoms with Crippen molar-refractivity contribution in [3.05, 3.63) is 29.8 Å². The summed E-state index contributed by atoms with van der Waals surface area (Å²) < 4.78 is 5.14. The van der Waals surface area contributed by atoms with Crippen LogP contribution in [0.4, 0.5) is 0 Å². The van der Waals surface area contributed by atoms with E-state index in [0.717, 1.165) is 5.56 Å². The topological polar surface area (TPSA) is 38.7 Å². The summed E-state index contributed by atoms with van der Waals surface area (Å²) in [6, 6.07) is 7.43. The fourth-order valence-electron chi connectivity index (χ4n) is 1.19. The minimum atomic E-state index is -0.743. The van der Waals surface area contributed by atoms with Crippen molar-refractivity contribution in [2.45, 2.75) is 19.4 Å². The summed E-state index contributed by atoms with van der Waals surface area (Å²) in [5.41, 5.74) is 0.0760. The fourth-order valence-corrected chi connectivity index (χ4v) is 1.19. The van der Waals surface area contributed by atoms with Crippen molar-refractivity contribution in [1.82, 2.24) is 0 Å². The van der Waals surface area contributed by atoms with Gasteiger partial charge in [0, 0.05) is 5.56 Å². The van der Waals surface area contributed by atoms with Gasteiger partial charge in [0.1, 0.15) is 11.4 Å². The van der Waals surface area contributed by atoms with Gasteiger partial charge in [-0.15, -0.1) is 0 Å². The van der Waals surface area contributed by atoms with Crippen molar-refractivity contribution in [1.29, 1.82) is 0 Å². The van der Waals surface area contributed by atoms with Gasteiger partial charge < -0.3 is 4.74 Å². The molecule has 3 nitrogen and oxygen atoms in total. The first-order chi connectivity index (χ1) is 6.11. The standard InChI is InChI=1S/C10H14O3/c1-10(2,13-11)8-6-4-5-7-9(8)12-3/h4-7,11H,1-3H3. The van der Waals surface area contributed by atoms with E-state index in [1.54, 1.807) is 21.0 Å². The van der Waals surface area contributed by atoms with E-state index in [0.29, 0.717) is 5.75 Å². The van der Waals surface area contributed by atoms with Crippen LogP contribution in [0, 0.1) is 0 Å². The molecule has 0 fully saturated rings. The Morgan fingerprint density at radius 3 is 2.38 bits per heavy atom. The zero-order chi connectivity index (χ0) is 9.90. The van der Waals surface area contributed by atoms with E-state index in [-0.39, 0.29) is 0 Å². The van der Waals surface area contributed by atoms with Gasteiger partial charge in [-0.2, -0.15) is 0 Å². The molecule has 0 heterocycles. The van der Waals surface area contributed by atoms with Gasteiger partial charge >= 0.3 is 0 Å². The minimum absolute atomic E-state index is 0.710. The Morgan fingerprint density at radius 1 is 1.23 bits per heavy atom. The molecule has 0 aliphatic heterocycles. The highest BCUT2D eigenvalue weighted by Gasteiger charge is 2.24. The minimum Gasteiger partial charge on any atom is -0.496 e. The summed E-state index contributed by atoms with van der Waals surface area (Å²) in [4.78, 5) is 4.39. The molecule has 0 saturated heterocycles. The molecule has 0 radical (unpaired) electrons. The fraction of sp³-hybridized carbons (Fsp3) is 0.400. The van der Waals surface area contributed by atoms with Crippen LogP contribution in [0.25, 0.3) is 0 Å². The van der Waals surface area contributed by atoms with Crippen LogP contribution < -0.4 is 4.74 Å². The number of rotatable bonds is 3. The van der Waals surface area contributed by atoms with Crippen molar-refractivity contribution < 1.29 is 14.9 Å². The van der Waals surface area contributed by atoms with E-state index in [9.17, 15) is 0 Å². The molecule has 0 bridgehead atoms. The van der Waals surface area contributed by atoms with Crippen molar-refractivity contribution in [3.63, 3.8) is 0 Å². The van der Waals surface area contributed by atoms with Crippen LogP contribution in [0.15, 0.2) is 24.3 Å². The molecule has 1 rings (SSSR count). The van der Waals surface area contributed by atoms with E-state index < -0.39 is 5.60 Å². The predicted octanol–water partition coefficient (Wildman–Crippen LogP) is 2.42. The molecule has 3 heteroatoms. The van der Waals surface area contributed by atoms with Crippen LogP contribution in [0.2, 0.25) is 0 Å². The first-order valence-corrected chi connectivity index (χ1v) is 4.08. The number of hydrogen-bond acceptors (Lipinski definition) is 3. The van der Waals surface area contributed by atoms with Gasteiger partial charge in [-0.1, -0.05) is 18.2 Å². The second-order valence-corrected chi connectivity index (χ2v) is 3.30. The predicted molar refractivity (Wildman–Crippen MR) is 49.7 cm³/mol. The smallest absolute Gasteiger partial charge is 0.126 e. The molecule has 0 aliphatic carbocycles. The third-order valence-corrected chi connectivity index (χ3v) is 1.98. The number of methoxy groups -OCH3 is 1. The lowest BCUT2D eigenvalue weighted by Gasteiger charge is -2.22. The molecule has 0 saturated carbocycles. The molecule has 0 atom stereocenters. The van der Waals surface area contributed by atoms with E-state index >= 15 is 0 Å². The molecule has 0 aliphatic rings. The van der Waals surface area contributed by atoms with Crippen molar-refractivity contribution in [2.75, 3.05) is 7.11 Å². The van der Waals surface area contributed by atoms with Crippen LogP contribution in [-0.4, -0.2) is 12.4 Å². The zero-order valence-electron chi connectivity index (χ0n) is 8.07. The van der Waals surface area contributed by atoms with Gasteiger partial charge in [0.25, 0.3) is 0 Å². The monoisotopic (exact) mass is 182 g/mol. The van der Waals surface area contributed by atoms with Gasteiger partial charge in [-0.05, 0) is 19.9 Å². The quantitative estimate of drug-likeness (QED) is 0.576. The molecule has 0 aromatic heterocycles. The summed E-state index contributed by atoms with van der Waals surface area (Å²) in [5, 5.41) is 8.71. The average Bonchev–Trinajstić information content (AvgIpc) is 2.18. The Balaban J connectivity index is 3.12. The third kappa shape index (κ3) is 1.99. The lowest BCUT2D eigenvalue weighted by molar-refractivity contribution is -0.318. The summed E-state index contributed by atoms with van der Waals surface area (Å²) in [6.07, 6.45) is 0. The van der Waals surface area contributed by atoms with E-state index in [4.69, 9.17) is 9.99 Å². The largest absolute Gasteiger partial charge is 0.496 e. The summed E-state index contributed by atoms with van der Waals surface area (Å²) in [7, 11) is 1.59. The van der Waals surface area contributed by atoms with Crippen LogP contribution in [0.5, 0.6) is 5.75 Å². The molecule has 72 valence electrons. The van der Waals surface area contributed by atoms with E-state index in [1.165, 1.54) is 0 Å². The molecule has 13 heavy (non-hydrogen) atoms. The molecular weight excluding hydrogens is 168 g/mol. The number of ether oxygens (including phenoxy) is 1. The molecule has 0 spiro atoms. The highest BCUT2D eigenvalue weighted by Crippen LogP contribution is 2.31. The molecule has 1 N–H and O–H groups in total. The van der Waals surface area contributed by atoms with E-state index in [1.807, 2.05) is 24.3 Å². The second kappa shape index (κ2) is 3.77. The van der Waals surface area contributed by atoms with Gasteiger partial charge in [-0.25, -0.2) is 4.89 Å². The maximum Gasteiger partial charge on any atom is 0.126 e. The van der Waals surface area contributed by atoms with Gasteiger partial charge in [-0.3, -0.25) is 5.26 Å². The number of hydrogen-bond donors (Lipinski definition) is 1. The van der Waals surface area contributed by atoms with Crippen molar-refractivity contribution in [2.24, 2.45) is 0 Å². The molecular formula is C10H14O3. The van der Waals surface area contributed by atoms with Gasteiger partial charge in [0.05, 0.1) is 7.11 Å². The van der Waals surface area contributed by atoms with Crippen LogP contribution in [0.1, 0.15) is 19.4 Å². The molecule has 1 aromatic rings. The average molecular weight is 182 g/mol. The number of para-hydroxylation sites is 1. The van der Waals surface area contributed by atoms with Gasteiger partial charge in [0.2, 0.25) is 0 Å². The van der Waals surface area contributed by atoms with Crippen LogP contribution in [0.3, 0.4) is 0 Å². The molecule has 0 amide bonds. The molecule has 0 unspecified atom stereocenters. The summed E-state index contributed by atoms with van der Waals surface area (Å²) in [5.74, 6) is 0.710. The maximum absolute atomic E-state index is 8.71. The Labute approximate surface area is 77.8 Å². The van der Waals surface area contributed by atoms with Crippen LogP contribution in [-0.2, 0) is 10.5 Å². The van der Waals surface area contributed by atoms with Crippen molar-refractivity contribution >= 4 is 0 Å². The maximum atomic E-state index is 8.71. The van der Waals surface area contributed by atoms with Gasteiger partial charge in [0.15, 0.2) is 0 Å². The highest BCUT2D eigenvalue weighted by atomic mass is 17.1. The first-order valence-electron chi connectivity index (χ1n) is 4.08. The SMILES string of the molecule is COc1ccccc1C(C)(C)OO. The highest BCUT2D eigenvalue weighted by molar-refractivity contribution is 5.37. The Bertz CT molecular complexity index is 281. The lowest BCUT2D eigenvalue weighted by atomic mass is 9.97. The Kier molecular flexibility index (Phi) is 2.90. The zero-order valence-corrected chi connectivity index (χ0v) is 8.07. The van der Waals surface area contributed by atoms with Crippen LogP contribution >= 0.6 is 0 Å². The lowest BCUT2D eigenvalue weighted by Crippen LogP contribution is -2.20. The Hall–Kier alpha value is -1.06. The van der Waals surface area contributed by atoms with E-state index in [2.05, 4.69) is 4.89 Å². The van der Waals surface area contributed by atoms with Crippen molar-refractivity contribution in [3.8, 4) is 5.75 Å². The molecule has 1 aromatic carbocycles. The summed E-state index contributed by atoms with van der Waals surface area (Å²) >= 11 is 0. The Morgan fingerprint density at radius 2 is 1.85 bits per heavy atom. The normalized spacial score (nSPS) is 11.4. The summed E-state index contributed by atoms with van der Waals surface area (Å²) in [6.45, 7) is 3.54. The third-order valence-electron chi connectivity index (χ3n) is 1.98.